The van der Waals surface area contributed by atoms with E-state index < -0.39 is 0 Å². The third kappa shape index (κ3) is 1.90. The minimum atomic E-state index is 1.13. The first-order valence-corrected chi connectivity index (χ1v) is 8.15. The van der Waals surface area contributed by atoms with Crippen LogP contribution < -0.4 is 10.2 Å². The number of benzene rings is 4. The summed E-state index contributed by atoms with van der Waals surface area (Å²) in [7, 11) is 0. The second kappa shape index (κ2) is 5.14. The lowest BCUT2D eigenvalue weighted by Crippen LogP contribution is -2.17. The molecule has 1 aliphatic heterocycles. The van der Waals surface area contributed by atoms with Gasteiger partial charge in [-0.15, -0.1) is 0 Å². The van der Waals surface area contributed by atoms with Crippen molar-refractivity contribution in [3.63, 3.8) is 0 Å². The highest BCUT2D eigenvalue weighted by atomic mass is 15.2. The summed E-state index contributed by atoms with van der Waals surface area (Å²) in [6.45, 7) is 0. The maximum absolute atomic E-state index is 3.55. The fraction of sp³-hybridized carbons (Fsp3) is 0. The van der Waals surface area contributed by atoms with Gasteiger partial charge in [0.25, 0.3) is 0 Å². The number of nitrogens with zero attached hydrogens (tertiary/aromatic N) is 1. The van der Waals surface area contributed by atoms with Crippen LogP contribution in [0.5, 0.6) is 0 Å². The van der Waals surface area contributed by atoms with Crippen molar-refractivity contribution in [2.24, 2.45) is 0 Å². The van der Waals surface area contributed by atoms with E-state index in [-0.39, 0.29) is 0 Å². The first-order valence-electron chi connectivity index (χ1n) is 8.15. The van der Waals surface area contributed by atoms with Crippen molar-refractivity contribution >= 4 is 39.2 Å². The molecule has 0 amide bonds. The molecule has 1 N–H and O–H groups in total. The van der Waals surface area contributed by atoms with Crippen molar-refractivity contribution in [1.29, 1.82) is 0 Å². The summed E-state index contributed by atoms with van der Waals surface area (Å²) in [4.78, 5) is 2.35. The van der Waals surface area contributed by atoms with E-state index in [9.17, 15) is 0 Å². The van der Waals surface area contributed by atoms with Crippen molar-refractivity contribution in [1.82, 2.24) is 0 Å². The van der Waals surface area contributed by atoms with E-state index >= 15 is 0 Å². The molecular weight excluding hydrogens is 292 g/mol. The topological polar surface area (TPSA) is 15.3 Å². The average molecular weight is 308 g/mol. The van der Waals surface area contributed by atoms with E-state index in [1.807, 2.05) is 0 Å². The fourth-order valence-electron chi connectivity index (χ4n) is 3.49. The van der Waals surface area contributed by atoms with Gasteiger partial charge in [0.2, 0.25) is 0 Å². The summed E-state index contributed by atoms with van der Waals surface area (Å²) in [6.07, 6.45) is 0. The number of rotatable bonds is 1. The fourth-order valence-corrected chi connectivity index (χ4v) is 3.49. The van der Waals surface area contributed by atoms with Crippen LogP contribution >= 0.6 is 0 Å². The van der Waals surface area contributed by atoms with Crippen LogP contribution in [0.15, 0.2) is 91.0 Å². The molecule has 0 aliphatic carbocycles. The Hall–Kier alpha value is -3.26. The number of hydrogen-bond donors (Lipinski definition) is 1. The summed E-state index contributed by atoms with van der Waals surface area (Å²) in [5.41, 5.74) is 5.81. The summed E-state index contributed by atoms with van der Waals surface area (Å²) in [5.74, 6) is 0. The van der Waals surface area contributed by atoms with E-state index in [4.69, 9.17) is 0 Å². The molecule has 0 fully saturated rings. The van der Waals surface area contributed by atoms with Gasteiger partial charge in [-0.25, -0.2) is 0 Å². The maximum Gasteiger partial charge on any atom is 0.0697 e. The van der Waals surface area contributed by atoms with E-state index in [1.165, 1.54) is 27.8 Å². The molecule has 0 spiro atoms. The zero-order valence-corrected chi connectivity index (χ0v) is 13.1. The number of hydrogen-bond acceptors (Lipinski definition) is 2. The molecule has 0 saturated carbocycles. The smallest absolute Gasteiger partial charge is 0.0697 e. The van der Waals surface area contributed by atoms with Gasteiger partial charge in [-0.1, -0.05) is 60.7 Å². The van der Waals surface area contributed by atoms with E-state index in [0.717, 1.165) is 11.4 Å². The quantitative estimate of drug-likeness (QED) is 0.387. The SMILES string of the molecule is c1ccc2c(c1)Nc1ccccc1N2c1cccc2ccccc12. The van der Waals surface area contributed by atoms with Gasteiger partial charge in [-0.2, -0.15) is 0 Å². The molecule has 1 aliphatic rings. The molecule has 1 heterocycles. The molecular formula is C22H16N2. The highest BCUT2D eigenvalue weighted by Gasteiger charge is 2.24. The van der Waals surface area contributed by atoms with Gasteiger partial charge < -0.3 is 10.2 Å². The van der Waals surface area contributed by atoms with Gasteiger partial charge in [-0.3, -0.25) is 0 Å². The van der Waals surface area contributed by atoms with Crippen molar-refractivity contribution in [2.75, 3.05) is 10.2 Å². The molecule has 4 aromatic carbocycles. The average Bonchev–Trinajstić information content (AvgIpc) is 2.66. The Balaban J connectivity index is 1.84. The third-order valence-electron chi connectivity index (χ3n) is 4.57. The highest BCUT2D eigenvalue weighted by molar-refractivity contribution is 6.04. The predicted molar refractivity (Wildman–Crippen MR) is 102 cm³/mol. The lowest BCUT2D eigenvalue weighted by atomic mass is 10.0. The van der Waals surface area contributed by atoms with Gasteiger partial charge in [0, 0.05) is 5.39 Å². The Morgan fingerprint density at radius 1 is 0.500 bits per heavy atom. The van der Waals surface area contributed by atoms with E-state index in [1.54, 1.807) is 0 Å². The Morgan fingerprint density at radius 3 is 1.79 bits per heavy atom. The molecule has 2 heteroatoms. The normalized spacial score (nSPS) is 12.4. The van der Waals surface area contributed by atoms with Crippen molar-refractivity contribution in [3.8, 4) is 0 Å². The van der Waals surface area contributed by atoms with Gasteiger partial charge in [0.05, 0.1) is 28.4 Å². The van der Waals surface area contributed by atoms with Crippen LogP contribution in [0.25, 0.3) is 10.8 Å². The number of fused-ring (bicyclic) bond motifs is 3. The minimum Gasteiger partial charge on any atom is -0.352 e. The van der Waals surface area contributed by atoms with Crippen LogP contribution in [0, 0.1) is 0 Å². The van der Waals surface area contributed by atoms with Gasteiger partial charge >= 0.3 is 0 Å². The molecule has 114 valence electrons. The molecule has 2 nitrogen and oxygen atoms in total. The van der Waals surface area contributed by atoms with E-state index in [2.05, 4.69) is 101 Å². The molecule has 0 saturated heterocycles. The molecule has 0 bridgehead atoms. The molecule has 5 rings (SSSR count). The van der Waals surface area contributed by atoms with Crippen LogP contribution in [0.3, 0.4) is 0 Å². The minimum absolute atomic E-state index is 1.13. The second-order valence-electron chi connectivity index (χ2n) is 5.99. The van der Waals surface area contributed by atoms with Crippen LogP contribution in [-0.4, -0.2) is 0 Å². The number of anilines is 5. The lowest BCUT2D eigenvalue weighted by molar-refractivity contribution is 1.26. The second-order valence-corrected chi connectivity index (χ2v) is 5.99. The molecule has 4 aromatic rings. The zero-order valence-electron chi connectivity index (χ0n) is 13.1. The van der Waals surface area contributed by atoms with Gasteiger partial charge in [-0.05, 0) is 35.7 Å². The summed E-state index contributed by atoms with van der Waals surface area (Å²) >= 11 is 0. The Kier molecular flexibility index (Phi) is 2.83. The monoisotopic (exact) mass is 308 g/mol. The first-order chi connectivity index (χ1) is 11.9. The standard InChI is InChI=1S/C22H16N2/c1-2-10-17-16(8-1)9-7-15-20(17)24-21-13-5-3-11-18(21)23-19-12-4-6-14-22(19)24/h1-15,23H. The molecule has 24 heavy (non-hydrogen) atoms. The van der Waals surface area contributed by atoms with Gasteiger partial charge in [0.15, 0.2) is 0 Å². The molecule has 0 unspecified atom stereocenters. The van der Waals surface area contributed by atoms with Gasteiger partial charge in [0.1, 0.15) is 0 Å². The number of para-hydroxylation sites is 4. The van der Waals surface area contributed by atoms with Crippen LogP contribution in [0.2, 0.25) is 0 Å². The lowest BCUT2D eigenvalue weighted by Gasteiger charge is -2.34. The predicted octanol–water partition coefficient (Wildman–Crippen LogP) is 6.37. The largest absolute Gasteiger partial charge is 0.352 e. The highest BCUT2D eigenvalue weighted by Crippen LogP contribution is 2.48. The van der Waals surface area contributed by atoms with Crippen LogP contribution in [-0.2, 0) is 0 Å². The zero-order chi connectivity index (χ0) is 15.9. The Bertz CT molecular complexity index is 1000. The Labute approximate surface area is 141 Å². The summed E-state index contributed by atoms with van der Waals surface area (Å²) in [6, 6.07) is 32.0. The van der Waals surface area contributed by atoms with E-state index in [0.29, 0.717) is 0 Å². The maximum atomic E-state index is 3.55. The first kappa shape index (κ1) is 13.2. The summed E-state index contributed by atoms with van der Waals surface area (Å²) in [5, 5.41) is 6.06. The number of nitrogens with one attached hydrogen (secondary N) is 1. The third-order valence-corrected chi connectivity index (χ3v) is 4.57. The summed E-state index contributed by atoms with van der Waals surface area (Å²) < 4.78 is 0. The molecule has 0 aromatic heterocycles. The Morgan fingerprint density at radius 2 is 1.04 bits per heavy atom. The van der Waals surface area contributed by atoms with Crippen molar-refractivity contribution in [2.45, 2.75) is 0 Å². The van der Waals surface area contributed by atoms with Crippen molar-refractivity contribution in [3.05, 3.63) is 91.0 Å². The van der Waals surface area contributed by atoms with Crippen molar-refractivity contribution < 1.29 is 0 Å². The molecule has 0 radical (unpaired) electrons. The van der Waals surface area contributed by atoms with Crippen LogP contribution in [0.1, 0.15) is 0 Å². The van der Waals surface area contributed by atoms with Crippen LogP contribution in [0.4, 0.5) is 28.4 Å². The molecule has 0 atom stereocenters.